The van der Waals surface area contributed by atoms with Crippen LogP contribution >= 0.6 is 11.8 Å². The molecule has 0 aliphatic heterocycles. The first-order valence-corrected chi connectivity index (χ1v) is 7.33. The summed E-state index contributed by atoms with van der Waals surface area (Å²) in [6.45, 7) is 7.38. The first kappa shape index (κ1) is 14.1. The summed E-state index contributed by atoms with van der Waals surface area (Å²) in [5.41, 5.74) is 0. The summed E-state index contributed by atoms with van der Waals surface area (Å²) in [4.78, 5) is 8.59. The van der Waals surface area contributed by atoms with Gasteiger partial charge in [-0.05, 0) is 25.2 Å². The van der Waals surface area contributed by atoms with Gasteiger partial charge >= 0.3 is 0 Å². The van der Waals surface area contributed by atoms with Crippen molar-refractivity contribution in [3.05, 3.63) is 12.3 Å². The maximum atomic E-state index is 4.42. The molecule has 1 unspecified atom stereocenters. The first-order valence-electron chi connectivity index (χ1n) is 6.17. The Morgan fingerprint density at radius 1 is 1.41 bits per heavy atom. The van der Waals surface area contributed by atoms with E-state index < -0.39 is 0 Å². The molecule has 2 N–H and O–H groups in total. The Hall–Kier alpha value is -0.970. The quantitative estimate of drug-likeness (QED) is 0.747. The van der Waals surface area contributed by atoms with Crippen LogP contribution in [0.15, 0.2) is 12.3 Å². The molecule has 1 atom stereocenters. The van der Waals surface area contributed by atoms with Crippen LogP contribution in [0.5, 0.6) is 0 Å². The number of anilines is 2. The van der Waals surface area contributed by atoms with Crippen LogP contribution in [-0.2, 0) is 0 Å². The molecule has 1 aromatic heterocycles. The zero-order valence-corrected chi connectivity index (χ0v) is 11.7. The lowest BCUT2D eigenvalue weighted by Gasteiger charge is -2.14. The molecular weight excluding hydrogens is 232 g/mol. The zero-order valence-electron chi connectivity index (χ0n) is 10.9. The average Bonchev–Trinajstić information content (AvgIpc) is 2.34. The highest BCUT2D eigenvalue weighted by Crippen LogP contribution is 2.10. The fourth-order valence-corrected chi connectivity index (χ4v) is 2.02. The molecule has 1 aromatic rings. The number of thioether (sulfide) groups is 1. The molecule has 4 nitrogen and oxygen atoms in total. The molecule has 0 amide bonds. The number of nitrogens with one attached hydrogen (secondary N) is 2. The topological polar surface area (TPSA) is 49.8 Å². The Morgan fingerprint density at radius 3 is 2.94 bits per heavy atom. The van der Waals surface area contributed by atoms with Gasteiger partial charge in [0.15, 0.2) is 0 Å². The lowest BCUT2D eigenvalue weighted by Crippen LogP contribution is -2.19. The van der Waals surface area contributed by atoms with Gasteiger partial charge in [-0.2, -0.15) is 16.7 Å². The van der Waals surface area contributed by atoms with E-state index in [0.29, 0.717) is 12.0 Å². The van der Waals surface area contributed by atoms with Gasteiger partial charge in [-0.15, -0.1) is 0 Å². The van der Waals surface area contributed by atoms with E-state index in [1.165, 1.54) is 0 Å². The van der Waals surface area contributed by atoms with Gasteiger partial charge < -0.3 is 10.6 Å². The van der Waals surface area contributed by atoms with E-state index in [4.69, 9.17) is 0 Å². The highest BCUT2D eigenvalue weighted by Gasteiger charge is 2.03. The van der Waals surface area contributed by atoms with Crippen LogP contribution in [0.25, 0.3) is 0 Å². The Morgan fingerprint density at radius 2 is 2.24 bits per heavy atom. The Bertz CT molecular complexity index is 319. The minimum Gasteiger partial charge on any atom is -0.367 e. The second-order valence-corrected chi connectivity index (χ2v) is 5.22. The number of rotatable bonds is 8. The zero-order chi connectivity index (χ0) is 12.5. The summed E-state index contributed by atoms with van der Waals surface area (Å²) in [6.07, 6.45) is 2.86. The normalized spacial score (nSPS) is 12.2. The number of aromatic nitrogens is 2. The molecule has 0 aliphatic carbocycles. The van der Waals surface area contributed by atoms with Crippen molar-refractivity contribution >= 4 is 23.5 Å². The van der Waals surface area contributed by atoms with Gasteiger partial charge in [-0.3, -0.25) is 0 Å². The van der Waals surface area contributed by atoms with Crippen molar-refractivity contribution in [2.24, 2.45) is 0 Å². The monoisotopic (exact) mass is 254 g/mol. The predicted octanol–water partition coefficient (Wildman–Crippen LogP) is 2.85. The van der Waals surface area contributed by atoms with Gasteiger partial charge in [-0.1, -0.05) is 13.8 Å². The van der Waals surface area contributed by atoms with Crippen molar-refractivity contribution in [2.75, 3.05) is 28.7 Å². The summed E-state index contributed by atoms with van der Waals surface area (Å²) in [6, 6.07) is 2.33. The summed E-state index contributed by atoms with van der Waals surface area (Å²) in [7, 11) is 0. The van der Waals surface area contributed by atoms with E-state index in [9.17, 15) is 0 Å². The highest BCUT2D eigenvalue weighted by atomic mass is 32.2. The number of nitrogens with zero attached hydrogens (tertiary/aromatic N) is 2. The van der Waals surface area contributed by atoms with Crippen LogP contribution in [0.1, 0.15) is 27.2 Å². The maximum Gasteiger partial charge on any atom is 0.224 e. The molecule has 0 aliphatic rings. The number of hydrogen-bond acceptors (Lipinski definition) is 5. The fourth-order valence-electron chi connectivity index (χ4n) is 1.35. The molecule has 0 spiro atoms. The van der Waals surface area contributed by atoms with Crippen LogP contribution < -0.4 is 10.6 Å². The molecule has 1 rings (SSSR count). The predicted molar refractivity (Wildman–Crippen MR) is 76.9 cm³/mol. The van der Waals surface area contributed by atoms with Crippen molar-refractivity contribution in [1.82, 2.24) is 9.97 Å². The molecule has 0 fully saturated rings. The molecule has 0 radical (unpaired) electrons. The van der Waals surface area contributed by atoms with Crippen LogP contribution in [0.4, 0.5) is 11.8 Å². The van der Waals surface area contributed by atoms with E-state index in [0.717, 1.165) is 30.3 Å². The minimum absolute atomic E-state index is 0.425. The Kier molecular flexibility index (Phi) is 6.77. The van der Waals surface area contributed by atoms with E-state index in [1.807, 2.05) is 17.8 Å². The second-order valence-electron chi connectivity index (χ2n) is 3.90. The largest absolute Gasteiger partial charge is 0.367 e. The maximum absolute atomic E-state index is 4.42. The molecule has 0 saturated heterocycles. The minimum atomic E-state index is 0.425. The summed E-state index contributed by atoms with van der Waals surface area (Å²) in [5, 5.41) is 6.57. The lowest BCUT2D eigenvalue weighted by molar-refractivity contribution is 0.894. The van der Waals surface area contributed by atoms with Crippen molar-refractivity contribution in [2.45, 2.75) is 33.2 Å². The standard InChI is InChI=1S/C12H22N4S/c1-4-7-13-12-14-8-6-11(16-12)15-10(3)9-17-5-2/h6,8,10H,4-5,7,9H2,1-3H3,(H2,13,14,15,16). The summed E-state index contributed by atoms with van der Waals surface area (Å²) < 4.78 is 0. The van der Waals surface area contributed by atoms with E-state index in [1.54, 1.807) is 6.20 Å². The summed E-state index contributed by atoms with van der Waals surface area (Å²) >= 11 is 1.93. The first-order chi connectivity index (χ1) is 8.26. The van der Waals surface area contributed by atoms with Gasteiger partial charge in [0.25, 0.3) is 0 Å². The molecule has 5 heteroatoms. The fraction of sp³-hybridized carbons (Fsp3) is 0.667. The molecule has 17 heavy (non-hydrogen) atoms. The third kappa shape index (κ3) is 5.77. The van der Waals surface area contributed by atoms with Gasteiger partial charge in [0.1, 0.15) is 5.82 Å². The van der Waals surface area contributed by atoms with Crippen molar-refractivity contribution in [1.29, 1.82) is 0 Å². The third-order valence-electron chi connectivity index (χ3n) is 2.15. The van der Waals surface area contributed by atoms with Crippen LogP contribution in [0.2, 0.25) is 0 Å². The summed E-state index contributed by atoms with van der Waals surface area (Å²) in [5.74, 6) is 3.84. The molecule has 0 aromatic carbocycles. The lowest BCUT2D eigenvalue weighted by atomic mass is 10.4. The average molecular weight is 254 g/mol. The van der Waals surface area contributed by atoms with E-state index >= 15 is 0 Å². The SMILES string of the molecule is CCCNc1nccc(NC(C)CSCC)n1. The second kappa shape index (κ2) is 8.17. The van der Waals surface area contributed by atoms with Gasteiger partial charge in [0.05, 0.1) is 0 Å². The van der Waals surface area contributed by atoms with Crippen LogP contribution in [-0.4, -0.2) is 34.1 Å². The van der Waals surface area contributed by atoms with Crippen molar-refractivity contribution < 1.29 is 0 Å². The smallest absolute Gasteiger partial charge is 0.224 e. The van der Waals surface area contributed by atoms with Gasteiger partial charge in [0.2, 0.25) is 5.95 Å². The van der Waals surface area contributed by atoms with Crippen molar-refractivity contribution in [3.63, 3.8) is 0 Å². The Labute approximate surface area is 108 Å². The van der Waals surface area contributed by atoms with E-state index in [2.05, 4.69) is 41.4 Å². The third-order valence-corrected chi connectivity index (χ3v) is 3.30. The molecular formula is C12H22N4S. The highest BCUT2D eigenvalue weighted by molar-refractivity contribution is 7.99. The molecule has 1 heterocycles. The molecule has 96 valence electrons. The number of hydrogen-bond donors (Lipinski definition) is 2. The molecule has 0 bridgehead atoms. The van der Waals surface area contributed by atoms with E-state index in [-0.39, 0.29) is 0 Å². The van der Waals surface area contributed by atoms with Crippen LogP contribution in [0, 0.1) is 0 Å². The van der Waals surface area contributed by atoms with Crippen LogP contribution in [0.3, 0.4) is 0 Å². The van der Waals surface area contributed by atoms with Gasteiger partial charge in [-0.25, -0.2) is 4.98 Å². The Balaban J connectivity index is 2.47. The van der Waals surface area contributed by atoms with Gasteiger partial charge in [0, 0.05) is 24.5 Å². The van der Waals surface area contributed by atoms with Crippen molar-refractivity contribution in [3.8, 4) is 0 Å². The molecule has 0 saturated carbocycles.